The fraction of sp³-hybridized carbons (Fsp3) is 0.310. The Bertz CT molecular complexity index is 1160. The number of hydrogen-bond acceptors (Lipinski definition) is 3. The number of likely N-dealkylation sites (N-methyl/N-ethyl adjacent to an activating group) is 1. The number of allylic oxidation sites excluding steroid dienone is 1. The Morgan fingerprint density at radius 2 is 1.51 bits per heavy atom. The number of ether oxygens (including phenoxy) is 2. The lowest BCUT2D eigenvalue weighted by Crippen LogP contribution is -2.27. The Labute approximate surface area is 204 Å². The van der Waals surface area contributed by atoms with E-state index in [-0.39, 0.29) is 5.92 Å². The molecule has 0 N–H and O–H groups in total. The number of alkyl halides is 3. The van der Waals surface area contributed by atoms with Crippen molar-refractivity contribution in [1.82, 2.24) is 4.90 Å². The van der Waals surface area contributed by atoms with Crippen molar-refractivity contribution in [3.8, 4) is 11.5 Å². The zero-order valence-electron chi connectivity index (χ0n) is 20.2. The number of fused-ring (bicyclic) bond motifs is 1. The molecule has 0 aromatic heterocycles. The molecule has 0 heterocycles. The highest BCUT2D eigenvalue weighted by Gasteiger charge is 2.34. The first kappa shape index (κ1) is 24.9. The molecule has 0 saturated carbocycles. The molecule has 1 aliphatic carbocycles. The topological polar surface area (TPSA) is 21.7 Å². The van der Waals surface area contributed by atoms with Gasteiger partial charge in [0.15, 0.2) is 0 Å². The second kappa shape index (κ2) is 10.6. The number of hydrogen-bond donors (Lipinski definition) is 0. The molecule has 3 aromatic carbocycles. The Hall–Kier alpha value is -3.25. The molecule has 6 heteroatoms. The van der Waals surface area contributed by atoms with Crippen LogP contribution in [-0.4, -0.2) is 38.3 Å². The van der Waals surface area contributed by atoms with Crippen LogP contribution in [-0.2, 0) is 6.18 Å². The molecule has 0 spiro atoms. The van der Waals surface area contributed by atoms with Crippen LogP contribution in [0, 0.1) is 0 Å². The van der Waals surface area contributed by atoms with Gasteiger partial charge in [-0.3, -0.25) is 0 Å². The highest BCUT2D eigenvalue weighted by atomic mass is 19.4. The fourth-order valence-electron chi connectivity index (χ4n) is 4.49. The number of halogens is 3. The smallest absolute Gasteiger partial charge is 0.416 e. The van der Waals surface area contributed by atoms with Crippen molar-refractivity contribution in [2.75, 3.05) is 33.4 Å². The predicted molar refractivity (Wildman–Crippen MR) is 133 cm³/mol. The predicted octanol–water partition coefficient (Wildman–Crippen LogP) is 7.01. The van der Waals surface area contributed by atoms with Gasteiger partial charge in [0.05, 0.1) is 12.7 Å². The monoisotopic (exact) mass is 481 g/mol. The summed E-state index contributed by atoms with van der Waals surface area (Å²) >= 11 is 0. The number of benzene rings is 3. The molecule has 1 aliphatic rings. The molecule has 0 amide bonds. The molecule has 3 aromatic rings. The summed E-state index contributed by atoms with van der Waals surface area (Å²) in [5, 5.41) is 0. The van der Waals surface area contributed by atoms with Crippen molar-refractivity contribution in [3.63, 3.8) is 0 Å². The minimum Gasteiger partial charge on any atom is -0.497 e. The van der Waals surface area contributed by atoms with Gasteiger partial charge < -0.3 is 14.4 Å². The van der Waals surface area contributed by atoms with Gasteiger partial charge in [0.25, 0.3) is 0 Å². The maximum atomic E-state index is 13.5. The number of methoxy groups -OCH3 is 1. The Morgan fingerprint density at radius 3 is 2.11 bits per heavy atom. The quantitative estimate of drug-likeness (QED) is 0.328. The van der Waals surface area contributed by atoms with Crippen molar-refractivity contribution < 1.29 is 22.6 Å². The van der Waals surface area contributed by atoms with Gasteiger partial charge >= 0.3 is 6.18 Å². The first-order chi connectivity index (χ1) is 16.8. The zero-order valence-corrected chi connectivity index (χ0v) is 20.2. The van der Waals surface area contributed by atoms with Gasteiger partial charge in [0.1, 0.15) is 18.1 Å². The maximum absolute atomic E-state index is 13.5. The standard InChI is InChI=1S/C29H30F3NO2/c1-4-33(5-2)16-17-35-24-13-8-21(9-14-24)27-19-26(20-6-11-23(34-3)12-7-20)25-15-10-22(18-28(25)27)29(30,31)32/h6-15,18-19,26H,4-5,16-17H2,1-3H3. The normalized spacial score (nSPS) is 15.2. The van der Waals surface area contributed by atoms with Crippen LogP contribution in [0.4, 0.5) is 13.2 Å². The highest BCUT2D eigenvalue weighted by Crippen LogP contribution is 2.45. The summed E-state index contributed by atoms with van der Waals surface area (Å²) in [6, 6.07) is 19.3. The third-order valence-electron chi connectivity index (χ3n) is 6.55. The molecule has 184 valence electrons. The Balaban J connectivity index is 1.64. The molecule has 0 radical (unpaired) electrons. The molecule has 0 aliphatic heterocycles. The van der Waals surface area contributed by atoms with E-state index in [9.17, 15) is 13.2 Å². The average molecular weight is 482 g/mol. The van der Waals surface area contributed by atoms with Crippen LogP contribution in [0.25, 0.3) is 5.57 Å². The number of nitrogens with zero attached hydrogens (tertiary/aromatic N) is 1. The van der Waals surface area contributed by atoms with Crippen molar-refractivity contribution >= 4 is 5.57 Å². The van der Waals surface area contributed by atoms with Gasteiger partial charge in [-0.15, -0.1) is 0 Å². The Morgan fingerprint density at radius 1 is 0.857 bits per heavy atom. The highest BCUT2D eigenvalue weighted by molar-refractivity contribution is 5.87. The van der Waals surface area contributed by atoms with E-state index < -0.39 is 11.7 Å². The summed E-state index contributed by atoms with van der Waals surface area (Å²) in [7, 11) is 1.60. The first-order valence-electron chi connectivity index (χ1n) is 11.9. The van der Waals surface area contributed by atoms with Gasteiger partial charge in [0.2, 0.25) is 0 Å². The van der Waals surface area contributed by atoms with Crippen LogP contribution in [0.3, 0.4) is 0 Å². The van der Waals surface area contributed by atoms with E-state index in [2.05, 4.69) is 18.7 Å². The fourth-order valence-corrected chi connectivity index (χ4v) is 4.49. The van der Waals surface area contributed by atoms with Crippen LogP contribution >= 0.6 is 0 Å². The van der Waals surface area contributed by atoms with Crippen molar-refractivity contribution in [2.24, 2.45) is 0 Å². The second-order valence-corrected chi connectivity index (χ2v) is 8.53. The second-order valence-electron chi connectivity index (χ2n) is 8.53. The minimum absolute atomic E-state index is 0.141. The minimum atomic E-state index is -4.40. The third-order valence-corrected chi connectivity index (χ3v) is 6.55. The van der Waals surface area contributed by atoms with Crippen LogP contribution in [0.2, 0.25) is 0 Å². The molecule has 4 rings (SSSR count). The molecule has 3 nitrogen and oxygen atoms in total. The lowest BCUT2D eigenvalue weighted by Gasteiger charge is -2.18. The van der Waals surface area contributed by atoms with E-state index in [4.69, 9.17) is 9.47 Å². The van der Waals surface area contributed by atoms with E-state index in [1.54, 1.807) is 13.2 Å². The molecular formula is C29H30F3NO2. The Kier molecular flexibility index (Phi) is 7.51. The van der Waals surface area contributed by atoms with E-state index in [0.29, 0.717) is 12.2 Å². The molecule has 35 heavy (non-hydrogen) atoms. The summed E-state index contributed by atoms with van der Waals surface area (Å²) in [5.41, 5.74) is 3.47. The van der Waals surface area contributed by atoms with E-state index in [1.165, 1.54) is 12.1 Å². The van der Waals surface area contributed by atoms with E-state index in [1.807, 2.05) is 54.6 Å². The summed E-state index contributed by atoms with van der Waals surface area (Å²) in [6.07, 6.45) is -2.36. The number of rotatable bonds is 9. The van der Waals surface area contributed by atoms with Crippen LogP contribution in [0.15, 0.2) is 72.8 Å². The lowest BCUT2D eigenvalue weighted by atomic mass is 9.91. The van der Waals surface area contributed by atoms with E-state index in [0.717, 1.165) is 53.4 Å². The molecule has 1 atom stereocenters. The van der Waals surface area contributed by atoms with Gasteiger partial charge in [-0.05, 0) is 77.3 Å². The van der Waals surface area contributed by atoms with Gasteiger partial charge in [-0.1, -0.05) is 50.3 Å². The summed E-state index contributed by atoms with van der Waals surface area (Å²) in [4.78, 5) is 2.28. The summed E-state index contributed by atoms with van der Waals surface area (Å²) in [5.74, 6) is 1.34. The third kappa shape index (κ3) is 5.54. The van der Waals surface area contributed by atoms with Crippen LogP contribution in [0.5, 0.6) is 11.5 Å². The van der Waals surface area contributed by atoms with Crippen LogP contribution < -0.4 is 9.47 Å². The van der Waals surface area contributed by atoms with Gasteiger partial charge in [-0.25, -0.2) is 0 Å². The zero-order chi connectivity index (χ0) is 25.0. The average Bonchev–Trinajstić information content (AvgIpc) is 3.25. The maximum Gasteiger partial charge on any atom is 0.416 e. The SMILES string of the molecule is CCN(CC)CCOc1ccc(C2=CC(c3ccc(OC)cc3)c3ccc(C(F)(F)F)cc32)cc1. The first-order valence-corrected chi connectivity index (χ1v) is 11.9. The van der Waals surface area contributed by atoms with Gasteiger partial charge in [0, 0.05) is 12.5 Å². The summed E-state index contributed by atoms with van der Waals surface area (Å²) < 4.78 is 51.7. The molecule has 1 unspecified atom stereocenters. The molecule has 0 bridgehead atoms. The van der Waals surface area contributed by atoms with Crippen molar-refractivity contribution in [1.29, 1.82) is 0 Å². The van der Waals surface area contributed by atoms with E-state index >= 15 is 0 Å². The van der Waals surface area contributed by atoms with Gasteiger partial charge in [-0.2, -0.15) is 13.2 Å². The van der Waals surface area contributed by atoms with Crippen LogP contribution in [0.1, 0.15) is 47.6 Å². The largest absolute Gasteiger partial charge is 0.497 e. The summed E-state index contributed by atoms with van der Waals surface area (Å²) in [6.45, 7) is 7.62. The lowest BCUT2D eigenvalue weighted by molar-refractivity contribution is -0.137. The molecule has 0 fully saturated rings. The molecular weight excluding hydrogens is 451 g/mol. The molecule has 0 saturated heterocycles. The van der Waals surface area contributed by atoms with Crippen molar-refractivity contribution in [3.05, 3.63) is 101 Å². The van der Waals surface area contributed by atoms with Crippen molar-refractivity contribution in [2.45, 2.75) is 25.9 Å².